The molecule has 0 unspecified atom stereocenters. The van der Waals surface area contributed by atoms with Gasteiger partial charge in [-0.05, 0) is 25.1 Å². The molecule has 0 atom stereocenters. The van der Waals surface area contributed by atoms with Crippen LogP contribution in [0.25, 0.3) is 22.1 Å². The van der Waals surface area contributed by atoms with Gasteiger partial charge >= 0.3 is 5.69 Å². The Morgan fingerprint density at radius 3 is 2.70 bits per heavy atom. The van der Waals surface area contributed by atoms with Crippen molar-refractivity contribution in [3.05, 3.63) is 55.7 Å². The fraction of sp³-hybridized carbons (Fsp3) is 0.211. The minimum Gasteiger partial charge on any atom is -0.493 e. The lowest BCUT2D eigenvalue weighted by Gasteiger charge is -2.07. The summed E-state index contributed by atoms with van der Waals surface area (Å²) in [4.78, 5) is 32.2. The molecule has 30 heavy (non-hydrogen) atoms. The molecule has 11 heteroatoms. The van der Waals surface area contributed by atoms with Crippen molar-refractivity contribution in [3.63, 3.8) is 0 Å². The van der Waals surface area contributed by atoms with Crippen LogP contribution in [0.3, 0.4) is 0 Å². The van der Waals surface area contributed by atoms with E-state index >= 15 is 0 Å². The van der Waals surface area contributed by atoms with E-state index in [0.29, 0.717) is 10.9 Å². The van der Waals surface area contributed by atoms with Crippen molar-refractivity contribution in [1.82, 2.24) is 23.7 Å². The van der Waals surface area contributed by atoms with Crippen LogP contribution in [0.2, 0.25) is 0 Å². The average molecular weight is 472 g/mol. The van der Waals surface area contributed by atoms with Gasteiger partial charge in [0.15, 0.2) is 16.9 Å². The molecule has 0 aliphatic heterocycles. The molecule has 10 nitrogen and oxygen atoms in total. The standard InChI is InChI=1S/C19H18BrN7O3/c1-9(2)8-27-14-15(25(3)19(30)26(4)17(14)29)22-18(27)24-23-13-11-7-10(20)5-6-12(11)21-16(13)28/h5-7,21,28H,1,8H2,2-4H3. The van der Waals surface area contributed by atoms with Gasteiger partial charge in [0.25, 0.3) is 11.5 Å². The van der Waals surface area contributed by atoms with Gasteiger partial charge in [-0.2, -0.15) is 4.98 Å². The maximum Gasteiger partial charge on any atom is 0.332 e. The molecule has 0 saturated heterocycles. The number of aromatic hydroxyl groups is 1. The lowest BCUT2D eigenvalue weighted by molar-refractivity contribution is 0.459. The number of nitrogens with one attached hydrogen (secondary N) is 1. The van der Waals surface area contributed by atoms with Crippen molar-refractivity contribution in [2.75, 3.05) is 0 Å². The smallest absolute Gasteiger partial charge is 0.332 e. The van der Waals surface area contributed by atoms with Crippen LogP contribution < -0.4 is 11.2 Å². The third-order valence-corrected chi connectivity index (χ3v) is 5.20. The van der Waals surface area contributed by atoms with E-state index < -0.39 is 11.2 Å². The van der Waals surface area contributed by atoms with E-state index in [4.69, 9.17) is 0 Å². The molecule has 0 aliphatic rings. The molecule has 0 fully saturated rings. The van der Waals surface area contributed by atoms with Gasteiger partial charge in [0.2, 0.25) is 5.88 Å². The van der Waals surface area contributed by atoms with E-state index in [-0.39, 0.29) is 35.2 Å². The van der Waals surface area contributed by atoms with Crippen LogP contribution in [0.1, 0.15) is 6.92 Å². The summed E-state index contributed by atoms with van der Waals surface area (Å²) in [6, 6.07) is 5.44. The average Bonchev–Trinajstić information content (AvgIpc) is 3.19. The summed E-state index contributed by atoms with van der Waals surface area (Å²) >= 11 is 3.40. The number of hydrogen-bond acceptors (Lipinski definition) is 6. The van der Waals surface area contributed by atoms with E-state index in [9.17, 15) is 14.7 Å². The highest BCUT2D eigenvalue weighted by molar-refractivity contribution is 9.10. The maximum atomic E-state index is 12.8. The molecule has 3 aromatic heterocycles. The highest BCUT2D eigenvalue weighted by Gasteiger charge is 2.19. The van der Waals surface area contributed by atoms with Gasteiger partial charge in [0, 0.05) is 30.5 Å². The minimum atomic E-state index is -0.491. The molecule has 154 valence electrons. The molecule has 4 aromatic rings. The van der Waals surface area contributed by atoms with Gasteiger partial charge in [-0.1, -0.05) is 28.1 Å². The van der Waals surface area contributed by atoms with Crippen LogP contribution in [0.15, 0.2) is 54.6 Å². The lowest BCUT2D eigenvalue weighted by Crippen LogP contribution is -2.37. The molecule has 0 spiro atoms. The summed E-state index contributed by atoms with van der Waals surface area (Å²) in [6.45, 7) is 5.97. The molecular weight excluding hydrogens is 454 g/mol. The Labute approximate surface area is 177 Å². The molecule has 0 amide bonds. The van der Waals surface area contributed by atoms with Crippen molar-refractivity contribution in [2.45, 2.75) is 13.5 Å². The van der Waals surface area contributed by atoms with Crippen molar-refractivity contribution in [2.24, 2.45) is 24.3 Å². The van der Waals surface area contributed by atoms with Gasteiger partial charge in [-0.25, -0.2) is 4.79 Å². The lowest BCUT2D eigenvalue weighted by atomic mass is 10.2. The van der Waals surface area contributed by atoms with Gasteiger partial charge < -0.3 is 10.1 Å². The second kappa shape index (κ2) is 7.10. The Morgan fingerprint density at radius 2 is 2.00 bits per heavy atom. The number of hydrogen-bond donors (Lipinski definition) is 2. The fourth-order valence-electron chi connectivity index (χ4n) is 3.26. The largest absolute Gasteiger partial charge is 0.493 e. The summed E-state index contributed by atoms with van der Waals surface area (Å²) in [5.41, 5.74) is 1.14. The van der Waals surface area contributed by atoms with E-state index in [1.54, 1.807) is 16.7 Å². The number of fused-ring (bicyclic) bond motifs is 2. The van der Waals surface area contributed by atoms with Crippen molar-refractivity contribution in [3.8, 4) is 5.88 Å². The molecule has 0 bridgehead atoms. The second-order valence-corrected chi connectivity index (χ2v) is 7.96. The minimum absolute atomic E-state index is 0.120. The molecule has 3 heterocycles. The normalized spacial score (nSPS) is 11.9. The van der Waals surface area contributed by atoms with Crippen LogP contribution in [-0.2, 0) is 20.6 Å². The Hall–Kier alpha value is -3.47. The van der Waals surface area contributed by atoms with Crippen LogP contribution >= 0.6 is 15.9 Å². The highest BCUT2D eigenvalue weighted by atomic mass is 79.9. The zero-order valence-electron chi connectivity index (χ0n) is 16.5. The number of rotatable bonds is 4. The SMILES string of the molecule is C=C(C)Cn1c(N=Nc2c(O)[nH]c3ccc(Br)cc23)nc2c1c(=O)n(C)c(=O)n2C. The van der Waals surface area contributed by atoms with Crippen LogP contribution in [0.5, 0.6) is 5.88 Å². The molecule has 2 N–H and O–H groups in total. The zero-order valence-corrected chi connectivity index (χ0v) is 18.1. The van der Waals surface area contributed by atoms with Gasteiger partial charge in [-0.15, -0.1) is 10.2 Å². The number of halogens is 1. The highest BCUT2D eigenvalue weighted by Crippen LogP contribution is 2.37. The zero-order chi connectivity index (χ0) is 21.7. The fourth-order valence-corrected chi connectivity index (χ4v) is 3.62. The first-order chi connectivity index (χ1) is 14.2. The Balaban J connectivity index is 1.97. The summed E-state index contributed by atoms with van der Waals surface area (Å²) in [6.07, 6.45) is 0. The molecule has 0 saturated carbocycles. The first-order valence-corrected chi connectivity index (χ1v) is 9.71. The van der Waals surface area contributed by atoms with E-state index in [1.807, 2.05) is 13.0 Å². The van der Waals surface area contributed by atoms with Crippen LogP contribution in [-0.4, -0.2) is 28.8 Å². The molecule has 1 aromatic carbocycles. The van der Waals surface area contributed by atoms with E-state index in [1.165, 1.54) is 18.7 Å². The van der Waals surface area contributed by atoms with Gasteiger partial charge in [0.05, 0.1) is 5.52 Å². The number of aromatic amines is 1. The number of aryl methyl sites for hydroxylation is 1. The first-order valence-electron chi connectivity index (χ1n) is 8.91. The monoisotopic (exact) mass is 471 g/mol. The molecule has 4 rings (SSSR count). The number of aromatic nitrogens is 5. The molecule has 0 radical (unpaired) electrons. The maximum absolute atomic E-state index is 12.8. The first kappa shape index (κ1) is 19.8. The van der Waals surface area contributed by atoms with E-state index in [2.05, 4.69) is 42.7 Å². The van der Waals surface area contributed by atoms with Crippen LogP contribution in [0, 0.1) is 0 Å². The van der Waals surface area contributed by atoms with Crippen molar-refractivity contribution in [1.29, 1.82) is 0 Å². The second-order valence-electron chi connectivity index (χ2n) is 7.05. The third kappa shape index (κ3) is 3.07. The quantitative estimate of drug-likeness (QED) is 0.349. The van der Waals surface area contributed by atoms with E-state index in [0.717, 1.165) is 14.6 Å². The van der Waals surface area contributed by atoms with Crippen LogP contribution in [0.4, 0.5) is 11.6 Å². The Morgan fingerprint density at radius 1 is 1.27 bits per heavy atom. The summed E-state index contributed by atoms with van der Waals surface area (Å²) in [7, 11) is 2.94. The predicted molar refractivity (Wildman–Crippen MR) is 117 cm³/mol. The number of H-pyrrole nitrogens is 1. The number of imidazole rings is 1. The summed E-state index contributed by atoms with van der Waals surface area (Å²) < 4.78 is 4.68. The van der Waals surface area contributed by atoms with Gasteiger partial charge in [-0.3, -0.25) is 18.5 Å². The molecule has 0 aliphatic carbocycles. The number of azo groups is 1. The summed E-state index contributed by atoms with van der Waals surface area (Å²) in [5.74, 6) is -0.0206. The Kier molecular flexibility index (Phi) is 4.69. The third-order valence-electron chi connectivity index (χ3n) is 4.71. The number of benzene rings is 1. The Bertz CT molecular complexity index is 1490. The number of allylic oxidation sites excluding steroid dienone is 1. The summed E-state index contributed by atoms with van der Waals surface area (Å²) in [5, 5.41) is 19.3. The van der Waals surface area contributed by atoms with Gasteiger partial charge in [0.1, 0.15) is 0 Å². The van der Waals surface area contributed by atoms with Crippen molar-refractivity contribution >= 4 is 49.6 Å². The topological polar surface area (TPSA) is 123 Å². The number of nitrogens with zero attached hydrogens (tertiary/aromatic N) is 6. The molecular formula is C19H18BrN7O3. The van der Waals surface area contributed by atoms with Crippen molar-refractivity contribution < 1.29 is 5.11 Å². The predicted octanol–water partition coefficient (Wildman–Crippen LogP) is 3.37.